The van der Waals surface area contributed by atoms with Gasteiger partial charge in [0.25, 0.3) is 5.91 Å². The van der Waals surface area contributed by atoms with Crippen molar-refractivity contribution in [2.45, 2.75) is 0 Å². The molecule has 0 radical (unpaired) electrons. The topological polar surface area (TPSA) is 79.9 Å². The number of amides is 1. The van der Waals surface area contributed by atoms with E-state index in [9.17, 15) is 4.79 Å². The van der Waals surface area contributed by atoms with Gasteiger partial charge in [-0.15, -0.1) is 0 Å². The van der Waals surface area contributed by atoms with E-state index in [-0.39, 0.29) is 15.9 Å². The second-order valence-electron chi connectivity index (χ2n) is 5.61. The van der Waals surface area contributed by atoms with Crippen LogP contribution in [-0.2, 0) is 0 Å². The van der Waals surface area contributed by atoms with E-state index >= 15 is 0 Å². The van der Waals surface area contributed by atoms with Gasteiger partial charge in [-0.3, -0.25) is 4.79 Å². The molecule has 0 spiro atoms. The highest BCUT2D eigenvalue weighted by atomic mass is 35.5. The zero-order chi connectivity index (χ0) is 18.8. The molecule has 1 amide bonds. The Morgan fingerprint density at radius 3 is 2.74 bits per heavy atom. The highest BCUT2D eigenvalue weighted by Gasteiger charge is 2.13. The second-order valence-corrected chi connectivity index (χ2v) is 6.35. The Balaban J connectivity index is 1.49. The molecule has 3 heterocycles. The maximum atomic E-state index is 12.3. The number of nitrogens with one attached hydrogen (secondary N) is 2. The Kier molecular flexibility index (Phi) is 4.66. The predicted octanol–water partition coefficient (Wildman–Crippen LogP) is 5.31. The van der Waals surface area contributed by atoms with Gasteiger partial charge < -0.3 is 15.0 Å². The minimum Gasteiger partial charge on any atom is -0.438 e. The van der Waals surface area contributed by atoms with Crippen LogP contribution in [0.1, 0.15) is 10.4 Å². The molecule has 6 nitrogen and oxygen atoms in total. The van der Waals surface area contributed by atoms with E-state index in [1.165, 1.54) is 18.3 Å². The number of carbonyl (C=O) groups excluding carboxylic acids is 1. The van der Waals surface area contributed by atoms with E-state index in [0.717, 1.165) is 10.9 Å². The lowest BCUT2D eigenvalue weighted by Gasteiger charge is -2.08. The van der Waals surface area contributed by atoms with Crippen molar-refractivity contribution in [3.63, 3.8) is 0 Å². The summed E-state index contributed by atoms with van der Waals surface area (Å²) >= 11 is 11.7. The van der Waals surface area contributed by atoms with Crippen molar-refractivity contribution in [3.05, 3.63) is 76.8 Å². The van der Waals surface area contributed by atoms with E-state index in [2.05, 4.69) is 20.3 Å². The first-order valence-corrected chi connectivity index (χ1v) is 8.69. The fourth-order valence-corrected chi connectivity index (χ4v) is 2.98. The van der Waals surface area contributed by atoms with Gasteiger partial charge in [0.05, 0.1) is 17.4 Å². The predicted molar refractivity (Wildman–Crippen MR) is 105 cm³/mol. The Hall–Kier alpha value is -3.09. The Morgan fingerprint density at radius 1 is 1.07 bits per heavy atom. The number of H-pyrrole nitrogens is 1. The van der Waals surface area contributed by atoms with E-state index < -0.39 is 5.91 Å². The normalized spacial score (nSPS) is 10.7. The number of nitrogens with zero attached hydrogens (tertiary/aromatic N) is 2. The third-order valence-corrected chi connectivity index (χ3v) is 4.32. The van der Waals surface area contributed by atoms with Gasteiger partial charge in [-0.25, -0.2) is 9.97 Å². The van der Waals surface area contributed by atoms with Gasteiger partial charge in [0.1, 0.15) is 16.1 Å². The van der Waals surface area contributed by atoms with E-state index in [1.54, 1.807) is 12.1 Å². The standard InChI is InChI=1S/C19H12Cl2N4O2/c20-16-6-5-13(18(21)25-16)19(26)24-11-4-7-17(23-10-11)27-15-3-1-2-14-12(15)8-9-22-14/h1-10,22H,(H,24,26). The van der Waals surface area contributed by atoms with Crippen LogP contribution in [0.3, 0.4) is 0 Å². The molecule has 4 rings (SSSR count). The van der Waals surface area contributed by atoms with Crippen molar-refractivity contribution in [2.24, 2.45) is 0 Å². The van der Waals surface area contributed by atoms with Crippen molar-refractivity contribution < 1.29 is 9.53 Å². The third-order valence-electron chi connectivity index (χ3n) is 3.82. The summed E-state index contributed by atoms with van der Waals surface area (Å²) in [4.78, 5) is 23.5. The fourth-order valence-electron chi connectivity index (χ4n) is 2.55. The number of ether oxygens (including phenoxy) is 1. The summed E-state index contributed by atoms with van der Waals surface area (Å²) < 4.78 is 5.84. The number of aromatic amines is 1. The summed E-state index contributed by atoms with van der Waals surface area (Å²) in [5.41, 5.74) is 1.70. The van der Waals surface area contributed by atoms with Crippen LogP contribution in [0.25, 0.3) is 10.9 Å². The first kappa shape index (κ1) is 17.3. The molecule has 0 aliphatic carbocycles. The monoisotopic (exact) mass is 398 g/mol. The van der Waals surface area contributed by atoms with E-state index in [1.807, 2.05) is 30.5 Å². The number of pyridine rings is 2. The van der Waals surface area contributed by atoms with Crippen LogP contribution in [0, 0.1) is 0 Å². The van der Waals surface area contributed by atoms with E-state index in [0.29, 0.717) is 17.3 Å². The first-order valence-electron chi connectivity index (χ1n) is 7.93. The molecule has 3 aromatic heterocycles. The lowest BCUT2D eigenvalue weighted by molar-refractivity contribution is 0.102. The molecule has 1 aromatic carbocycles. The summed E-state index contributed by atoms with van der Waals surface area (Å²) in [6, 6.07) is 14.0. The average Bonchev–Trinajstić information content (AvgIpc) is 3.13. The average molecular weight is 399 g/mol. The number of rotatable bonds is 4. The molecule has 0 atom stereocenters. The summed E-state index contributed by atoms with van der Waals surface area (Å²) in [5.74, 6) is 0.696. The molecule has 8 heteroatoms. The SMILES string of the molecule is O=C(Nc1ccc(Oc2cccc3[nH]ccc23)nc1)c1ccc(Cl)nc1Cl. The highest BCUT2D eigenvalue weighted by Crippen LogP contribution is 2.28. The summed E-state index contributed by atoms with van der Waals surface area (Å²) in [6.45, 7) is 0. The van der Waals surface area contributed by atoms with Crippen molar-refractivity contribution in [2.75, 3.05) is 5.32 Å². The van der Waals surface area contributed by atoms with Crippen LogP contribution in [0.5, 0.6) is 11.6 Å². The Morgan fingerprint density at radius 2 is 1.96 bits per heavy atom. The van der Waals surface area contributed by atoms with Crippen molar-refractivity contribution in [3.8, 4) is 11.6 Å². The number of anilines is 1. The Labute approximate surface area is 164 Å². The number of carbonyl (C=O) groups is 1. The minimum absolute atomic E-state index is 0.0347. The molecule has 0 fully saturated rings. The number of fused-ring (bicyclic) bond motifs is 1. The number of halogens is 2. The number of hydrogen-bond donors (Lipinski definition) is 2. The van der Waals surface area contributed by atoms with Crippen LogP contribution in [0.15, 0.2) is 60.9 Å². The minimum atomic E-state index is -0.406. The van der Waals surface area contributed by atoms with Crippen LogP contribution >= 0.6 is 23.2 Å². The lowest BCUT2D eigenvalue weighted by Crippen LogP contribution is -2.13. The van der Waals surface area contributed by atoms with Crippen LogP contribution in [0.4, 0.5) is 5.69 Å². The molecule has 0 saturated heterocycles. The maximum Gasteiger partial charge on any atom is 0.258 e. The third kappa shape index (κ3) is 3.72. The zero-order valence-corrected chi connectivity index (χ0v) is 15.3. The largest absolute Gasteiger partial charge is 0.438 e. The van der Waals surface area contributed by atoms with Gasteiger partial charge in [0, 0.05) is 23.2 Å². The molecular weight excluding hydrogens is 387 g/mol. The number of hydrogen-bond acceptors (Lipinski definition) is 4. The molecule has 0 unspecified atom stereocenters. The number of benzene rings is 1. The molecule has 0 aliphatic heterocycles. The quantitative estimate of drug-likeness (QED) is 0.456. The molecule has 0 saturated carbocycles. The molecule has 2 N–H and O–H groups in total. The van der Waals surface area contributed by atoms with Gasteiger partial charge in [0.2, 0.25) is 5.88 Å². The van der Waals surface area contributed by atoms with Crippen LogP contribution < -0.4 is 10.1 Å². The van der Waals surface area contributed by atoms with Crippen molar-refractivity contribution in [1.82, 2.24) is 15.0 Å². The van der Waals surface area contributed by atoms with Crippen LogP contribution in [-0.4, -0.2) is 20.9 Å². The maximum absolute atomic E-state index is 12.3. The molecule has 134 valence electrons. The molecule has 4 aromatic rings. The molecule has 0 aliphatic rings. The summed E-state index contributed by atoms with van der Waals surface area (Å²) in [5, 5.41) is 3.92. The summed E-state index contributed by atoms with van der Waals surface area (Å²) in [7, 11) is 0. The smallest absolute Gasteiger partial charge is 0.258 e. The van der Waals surface area contributed by atoms with Gasteiger partial charge in [-0.1, -0.05) is 29.3 Å². The zero-order valence-electron chi connectivity index (χ0n) is 13.7. The lowest BCUT2D eigenvalue weighted by atomic mass is 10.2. The summed E-state index contributed by atoms with van der Waals surface area (Å²) in [6.07, 6.45) is 3.35. The highest BCUT2D eigenvalue weighted by molar-refractivity contribution is 6.35. The molecular formula is C19H12Cl2N4O2. The van der Waals surface area contributed by atoms with Gasteiger partial charge >= 0.3 is 0 Å². The molecule has 0 bridgehead atoms. The van der Waals surface area contributed by atoms with Gasteiger partial charge in [-0.05, 0) is 36.4 Å². The fraction of sp³-hybridized carbons (Fsp3) is 0. The van der Waals surface area contributed by atoms with Crippen molar-refractivity contribution >= 4 is 45.7 Å². The Bertz CT molecular complexity index is 1130. The van der Waals surface area contributed by atoms with Gasteiger partial charge in [0.15, 0.2) is 0 Å². The van der Waals surface area contributed by atoms with Crippen molar-refractivity contribution in [1.29, 1.82) is 0 Å². The first-order chi connectivity index (χ1) is 13.1. The van der Waals surface area contributed by atoms with Crippen LogP contribution in [0.2, 0.25) is 10.3 Å². The molecule has 27 heavy (non-hydrogen) atoms. The van der Waals surface area contributed by atoms with Gasteiger partial charge in [-0.2, -0.15) is 0 Å². The number of aromatic nitrogens is 3. The second kappa shape index (κ2) is 7.26. The van der Waals surface area contributed by atoms with E-state index in [4.69, 9.17) is 27.9 Å².